The van der Waals surface area contributed by atoms with E-state index in [1.807, 2.05) is 0 Å². The fourth-order valence-corrected chi connectivity index (χ4v) is 0.836. The van der Waals surface area contributed by atoms with Gasteiger partial charge in [-0.2, -0.15) is 9.49 Å². The fourth-order valence-electron chi connectivity index (χ4n) is 0.836. The first-order valence-corrected chi connectivity index (χ1v) is 3.01. The minimum absolute atomic E-state index is 0.0810. The van der Waals surface area contributed by atoms with Gasteiger partial charge >= 0.3 is 0 Å². The molecule has 0 N–H and O–H groups in total. The molecule has 1 rings (SSSR count). The molecular weight excluding hydrogens is 157 g/mol. The Kier molecular flexibility index (Phi) is 1.89. The lowest BCUT2D eigenvalue weighted by Crippen LogP contribution is -1.94. The highest BCUT2D eigenvalue weighted by molar-refractivity contribution is 5.17. The summed E-state index contributed by atoms with van der Waals surface area (Å²) in [5.74, 6) is -0.708. The van der Waals surface area contributed by atoms with Crippen LogP contribution in [0.1, 0.15) is 17.7 Å². The van der Waals surface area contributed by atoms with Gasteiger partial charge in [-0.15, -0.1) is 0 Å². The molecule has 0 radical (unpaired) electrons. The Morgan fingerprint density at radius 3 is 2.18 bits per heavy atom. The summed E-state index contributed by atoms with van der Waals surface area (Å²) in [5, 5.41) is 3.30. The van der Waals surface area contributed by atoms with Crippen molar-refractivity contribution in [2.24, 2.45) is 7.05 Å². The molecule has 1 aromatic heterocycles. The van der Waals surface area contributed by atoms with Crippen LogP contribution < -0.4 is 0 Å². The van der Waals surface area contributed by atoms with Gasteiger partial charge in [-0.05, 0) is 6.92 Å². The van der Waals surface area contributed by atoms with Crippen LogP contribution >= 0.6 is 0 Å². The first kappa shape index (κ1) is 8.10. The maximum absolute atomic E-state index is 12.7. The predicted molar refractivity (Wildman–Crippen MR) is 32.9 cm³/mol. The van der Waals surface area contributed by atoms with Crippen molar-refractivity contribution in [3.8, 4) is 0 Å². The first-order chi connectivity index (χ1) is 5.04. The number of alkyl halides is 2. The van der Waals surface area contributed by atoms with Gasteiger partial charge in [-0.3, -0.25) is 0 Å². The highest BCUT2D eigenvalue weighted by Crippen LogP contribution is 2.21. The molecule has 2 nitrogen and oxygen atoms in total. The molecule has 0 spiro atoms. The lowest BCUT2D eigenvalue weighted by Gasteiger charge is -1.91. The Morgan fingerprint density at radius 2 is 2.00 bits per heavy atom. The molecule has 0 saturated carbocycles. The minimum atomic E-state index is -2.70. The van der Waals surface area contributed by atoms with Crippen LogP contribution in [0.3, 0.4) is 0 Å². The molecule has 11 heavy (non-hydrogen) atoms. The van der Waals surface area contributed by atoms with Gasteiger partial charge in [-0.1, -0.05) is 0 Å². The van der Waals surface area contributed by atoms with Crippen LogP contribution in [0.25, 0.3) is 0 Å². The topological polar surface area (TPSA) is 17.8 Å². The number of halogens is 3. The number of hydrogen-bond donors (Lipinski definition) is 0. The second-order valence-corrected chi connectivity index (χ2v) is 2.23. The maximum Gasteiger partial charge on any atom is 0.282 e. The Balaban J connectivity index is 3.19. The largest absolute Gasteiger partial charge is 0.282 e. The lowest BCUT2D eigenvalue weighted by atomic mass is 10.3. The number of hydrogen-bond acceptors (Lipinski definition) is 1. The third-order valence-electron chi connectivity index (χ3n) is 1.44. The Bertz CT molecular complexity index is 267. The molecule has 0 saturated heterocycles. The lowest BCUT2D eigenvalue weighted by molar-refractivity contribution is 0.144. The van der Waals surface area contributed by atoms with Crippen LogP contribution in [0.5, 0.6) is 0 Å². The number of aromatic nitrogens is 2. The molecular formula is C6H7F3N2. The summed E-state index contributed by atoms with van der Waals surface area (Å²) in [6, 6.07) is 0. The van der Waals surface area contributed by atoms with E-state index in [0.29, 0.717) is 0 Å². The first-order valence-electron chi connectivity index (χ1n) is 3.01. The standard InChI is InChI=1S/C6H7F3N2/c1-3-4(5(7)8)10-11(2)6(3)9/h5H,1-2H3. The van der Waals surface area contributed by atoms with Crippen molar-refractivity contribution in [3.63, 3.8) is 0 Å². The van der Waals surface area contributed by atoms with E-state index in [4.69, 9.17) is 0 Å². The van der Waals surface area contributed by atoms with E-state index in [0.717, 1.165) is 4.68 Å². The molecule has 1 heterocycles. The third kappa shape index (κ3) is 1.22. The van der Waals surface area contributed by atoms with E-state index in [1.54, 1.807) is 0 Å². The summed E-state index contributed by atoms with van der Waals surface area (Å²) >= 11 is 0. The van der Waals surface area contributed by atoms with Crippen molar-refractivity contribution in [2.45, 2.75) is 13.3 Å². The smallest absolute Gasteiger partial charge is 0.242 e. The molecule has 1 aromatic rings. The van der Waals surface area contributed by atoms with Crippen molar-refractivity contribution < 1.29 is 13.2 Å². The Morgan fingerprint density at radius 1 is 1.45 bits per heavy atom. The molecule has 0 fully saturated rings. The molecule has 0 unspecified atom stereocenters. The summed E-state index contributed by atoms with van der Waals surface area (Å²) in [7, 11) is 1.29. The zero-order valence-electron chi connectivity index (χ0n) is 6.11. The number of nitrogens with zero attached hydrogens (tertiary/aromatic N) is 2. The van der Waals surface area contributed by atoms with Gasteiger partial charge in [0.15, 0.2) is 0 Å². The van der Waals surface area contributed by atoms with Crippen LogP contribution in [0.15, 0.2) is 0 Å². The quantitative estimate of drug-likeness (QED) is 0.618. The van der Waals surface area contributed by atoms with E-state index in [2.05, 4.69) is 5.10 Å². The van der Waals surface area contributed by atoms with Crippen LogP contribution in [0.2, 0.25) is 0 Å². The van der Waals surface area contributed by atoms with Crippen LogP contribution in [0.4, 0.5) is 13.2 Å². The van der Waals surface area contributed by atoms with Gasteiger partial charge in [0.25, 0.3) is 6.43 Å². The monoisotopic (exact) mass is 164 g/mol. The fraction of sp³-hybridized carbons (Fsp3) is 0.500. The van der Waals surface area contributed by atoms with Crippen molar-refractivity contribution in [2.75, 3.05) is 0 Å². The normalized spacial score (nSPS) is 11.1. The SMILES string of the molecule is Cc1c(C(F)F)nn(C)c1F. The van der Waals surface area contributed by atoms with E-state index in [1.165, 1.54) is 14.0 Å². The summed E-state index contributed by atoms with van der Waals surface area (Å²) < 4.78 is 37.4. The average Bonchev–Trinajstić information content (AvgIpc) is 2.17. The zero-order valence-corrected chi connectivity index (χ0v) is 6.11. The summed E-state index contributed by atoms with van der Waals surface area (Å²) in [5.41, 5.74) is -0.562. The molecule has 0 aliphatic heterocycles. The zero-order chi connectivity index (χ0) is 8.59. The average molecular weight is 164 g/mol. The van der Waals surface area contributed by atoms with Crippen LogP contribution in [0, 0.1) is 12.9 Å². The third-order valence-corrected chi connectivity index (χ3v) is 1.44. The number of aryl methyl sites for hydroxylation is 1. The van der Waals surface area contributed by atoms with Crippen LogP contribution in [-0.2, 0) is 7.05 Å². The van der Waals surface area contributed by atoms with Crippen molar-refractivity contribution in [1.82, 2.24) is 9.78 Å². The second kappa shape index (κ2) is 2.56. The minimum Gasteiger partial charge on any atom is -0.242 e. The van der Waals surface area contributed by atoms with Crippen molar-refractivity contribution >= 4 is 0 Å². The molecule has 0 aliphatic rings. The molecule has 62 valence electrons. The molecule has 0 bridgehead atoms. The maximum atomic E-state index is 12.7. The van der Waals surface area contributed by atoms with E-state index in [-0.39, 0.29) is 5.56 Å². The van der Waals surface area contributed by atoms with Gasteiger partial charge in [0.05, 0.1) is 0 Å². The molecule has 0 aliphatic carbocycles. The molecule has 5 heteroatoms. The Hall–Kier alpha value is -1.00. The van der Waals surface area contributed by atoms with Gasteiger partial charge in [-0.25, -0.2) is 13.5 Å². The summed E-state index contributed by atoms with van der Waals surface area (Å²) in [4.78, 5) is 0. The van der Waals surface area contributed by atoms with Crippen LogP contribution in [-0.4, -0.2) is 9.78 Å². The molecule has 0 amide bonds. The van der Waals surface area contributed by atoms with Crippen molar-refractivity contribution in [3.05, 3.63) is 17.2 Å². The number of rotatable bonds is 1. The summed E-state index contributed by atoms with van der Waals surface area (Å²) in [6.45, 7) is 1.28. The van der Waals surface area contributed by atoms with E-state index < -0.39 is 18.1 Å². The van der Waals surface area contributed by atoms with Gasteiger partial charge in [0.2, 0.25) is 5.95 Å². The summed E-state index contributed by atoms with van der Waals surface area (Å²) in [6.07, 6.45) is -2.70. The highest BCUT2D eigenvalue weighted by Gasteiger charge is 2.19. The second-order valence-electron chi connectivity index (χ2n) is 2.23. The van der Waals surface area contributed by atoms with Crippen molar-refractivity contribution in [1.29, 1.82) is 0 Å². The van der Waals surface area contributed by atoms with Gasteiger partial charge in [0, 0.05) is 12.6 Å². The highest BCUT2D eigenvalue weighted by atomic mass is 19.3. The molecule has 0 atom stereocenters. The van der Waals surface area contributed by atoms with Gasteiger partial charge < -0.3 is 0 Å². The molecule has 0 aromatic carbocycles. The van der Waals surface area contributed by atoms with E-state index in [9.17, 15) is 13.2 Å². The Labute approximate surface area is 61.6 Å². The predicted octanol–water partition coefficient (Wildman–Crippen LogP) is 1.81. The van der Waals surface area contributed by atoms with Gasteiger partial charge in [0.1, 0.15) is 5.69 Å². The van der Waals surface area contributed by atoms with E-state index >= 15 is 0 Å².